The molecule has 9 rings (SSSR count). The van der Waals surface area contributed by atoms with E-state index < -0.39 is 12.4 Å². The molecule has 0 aliphatic carbocycles. The van der Waals surface area contributed by atoms with Gasteiger partial charge in [-0.2, -0.15) is 0 Å². The Kier molecular flexibility index (Phi) is 8.06. The summed E-state index contributed by atoms with van der Waals surface area (Å²) in [5.41, 5.74) is 12.7. The van der Waals surface area contributed by atoms with E-state index in [1.807, 2.05) is 12.3 Å². The summed E-state index contributed by atoms with van der Waals surface area (Å²) >= 11 is 0. The lowest BCUT2D eigenvalue weighted by atomic mass is 9.64. The number of para-hydroxylation sites is 1. The van der Waals surface area contributed by atoms with Gasteiger partial charge in [-0.1, -0.05) is 139 Å². The average molecular weight is 762 g/mol. The molecule has 4 nitrogen and oxygen atoms in total. The third-order valence-corrected chi connectivity index (χ3v) is 12.3. The molecule has 0 amide bonds. The van der Waals surface area contributed by atoms with E-state index in [4.69, 9.17) is 9.10 Å². The smallest absolute Gasteiger partial charge is 0.137 e. The summed E-state index contributed by atoms with van der Waals surface area (Å²) in [6, 6.07) is 52.8. The molecule has 6 aromatic carbocycles. The number of hydrogen-bond donors (Lipinski definition) is 0. The number of rotatable bonds is 6. The van der Waals surface area contributed by atoms with Crippen molar-refractivity contribution in [3.63, 3.8) is 0 Å². The number of nitrogens with zero attached hydrogens (tertiary/aromatic N) is 4. The maximum atomic E-state index is 8.61. The van der Waals surface area contributed by atoms with E-state index in [0.717, 1.165) is 78.2 Å². The standard InChI is InChI=1S/C54H54N4/c1-36-28-49-50(29-37(36)2)57(35-56(49)9)44-31-42(53(6,7)8)30-43(32-44)54(38-18-12-10-13-19-38,39-20-14-11-15-21-39)41-24-25-46-45-22-16-17-23-47(45)58(48(46)33-41)51-34-40(26-27-55-51)52(3,4)5/h10-34H,35H2,1-9H3/i9D3. The topological polar surface area (TPSA) is 24.3 Å². The van der Waals surface area contributed by atoms with E-state index in [9.17, 15) is 0 Å². The fourth-order valence-electron chi connectivity index (χ4n) is 8.98. The van der Waals surface area contributed by atoms with Crippen LogP contribution in [0.5, 0.6) is 0 Å². The lowest BCUT2D eigenvalue weighted by Crippen LogP contribution is -2.32. The Morgan fingerprint density at radius 2 is 1.12 bits per heavy atom. The highest BCUT2D eigenvalue weighted by Gasteiger charge is 2.40. The minimum absolute atomic E-state index is 0.0545. The molecule has 0 saturated heterocycles. The van der Waals surface area contributed by atoms with E-state index in [0.29, 0.717) is 0 Å². The fourth-order valence-corrected chi connectivity index (χ4v) is 8.98. The lowest BCUT2D eigenvalue weighted by Gasteiger charge is -2.38. The zero-order valence-electron chi connectivity index (χ0n) is 37.9. The van der Waals surface area contributed by atoms with Crippen LogP contribution >= 0.6 is 0 Å². The number of aryl methyl sites for hydroxylation is 2. The van der Waals surface area contributed by atoms with Gasteiger partial charge in [-0.05, 0) is 118 Å². The largest absolute Gasteiger partial charge is 0.355 e. The van der Waals surface area contributed by atoms with Gasteiger partial charge in [0.1, 0.15) is 5.82 Å². The quantitative estimate of drug-likeness (QED) is 0.158. The van der Waals surface area contributed by atoms with Gasteiger partial charge in [-0.25, -0.2) is 4.98 Å². The van der Waals surface area contributed by atoms with Gasteiger partial charge in [0.25, 0.3) is 0 Å². The van der Waals surface area contributed by atoms with Gasteiger partial charge < -0.3 is 9.80 Å². The van der Waals surface area contributed by atoms with Gasteiger partial charge >= 0.3 is 0 Å². The minimum atomic E-state index is -2.32. The first-order valence-electron chi connectivity index (χ1n) is 21.9. The van der Waals surface area contributed by atoms with Gasteiger partial charge in [0.05, 0.1) is 34.5 Å². The molecule has 0 N–H and O–H groups in total. The molecule has 2 aromatic heterocycles. The second kappa shape index (κ2) is 13.8. The highest BCUT2D eigenvalue weighted by molar-refractivity contribution is 6.09. The zero-order valence-corrected chi connectivity index (χ0v) is 34.9. The van der Waals surface area contributed by atoms with Gasteiger partial charge in [-0.15, -0.1) is 0 Å². The highest BCUT2D eigenvalue weighted by atomic mass is 15.4. The molecule has 1 aliphatic heterocycles. The van der Waals surface area contributed by atoms with Crippen molar-refractivity contribution in [3.05, 3.63) is 196 Å². The molecule has 0 bridgehead atoms. The van der Waals surface area contributed by atoms with Crippen molar-refractivity contribution in [1.29, 1.82) is 0 Å². The van der Waals surface area contributed by atoms with Gasteiger partial charge in [-0.3, -0.25) is 4.57 Å². The van der Waals surface area contributed by atoms with Crippen LogP contribution in [-0.4, -0.2) is 23.2 Å². The summed E-state index contributed by atoms with van der Waals surface area (Å²) in [5.74, 6) is 0.884. The molecular weight excluding hydrogens is 705 g/mol. The van der Waals surface area contributed by atoms with Crippen LogP contribution in [0.2, 0.25) is 0 Å². The van der Waals surface area contributed by atoms with Crippen molar-refractivity contribution >= 4 is 38.9 Å². The Morgan fingerprint density at radius 1 is 0.517 bits per heavy atom. The van der Waals surface area contributed by atoms with Crippen LogP contribution in [-0.2, 0) is 16.2 Å². The summed E-state index contributed by atoms with van der Waals surface area (Å²) in [5, 5.41) is 2.33. The summed E-state index contributed by atoms with van der Waals surface area (Å²) in [6.45, 7) is 15.5. The Morgan fingerprint density at radius 3 is 1.78 bits per heavy atom. The molecular formula is C54H54N4. The molecule has 4 heteroatoms. The fraction of sp³-hybridized carbons (Fsp3) is 0.241. The Bertz CT molecular complexity index is 2890. The summed E-state index contributed by atoms with van der Waals surface area (Å²) in [4.78, 5) is 8.78. The average Bonchev–Trinajstić information content (AvgIpc) is 3.77. The highest BCUT2D eigenvalue weighted by Crippen LogP contribution is 2.50. The molecule has 290 valence electrons. The molecule has 0 radical (unpaired) electrons. The molecule has 0 spiro atoms. The third kappa shape index (κ3) is 6.09. The van der Waals surface area contributed by atoms with Crippen LogP contribution in [0.1, 0.15) is 90.2 Å². The maximum Gasteiger partial charge on any atom is 0.137 e. The SMILES string of the molecule is [2H]C([2H])([2H])N1CN(c2cc(C(C)(C)C)cc(C(c3ccccc3)(c3ccccc3)c3ccc4c5ccccc5n(-c5cc(C(C)(C)C)ccn5)c4c3)c2)c2cc(C)c(C)cc21. The van der Waals surface area contributed by atoms with Crippen LogP contribution in [0.25, 0.3) is 27.6 Å². The zero-order chi connectivity index (χ0) is 43.1. The van der Waals surface area contributed by atoms with E-state index in [1.54, 1.807) is 4.90 Å². The van der Waals surface area contributed by atoms with E-state index in [-0.39, 0.29) is 17.5 Å². The van der Waals surface area contributed by atoms with Crippen molar-refractivity contribution in [2.24, 2.45) is 0 Å². The first kappa shape index (κ1) is 34.0. The number of fused-ring (bicyclic) bond motifs is 4. The summed E-state index contributed by atoms with van der Waals surface area (Å²) in [6.07, 6.45) is 1.94. The van der Waals surface area contributed by atoms with E-state index >= 15 is 0 Å². The Labute approximate surface area is 348 Å². The van der Waals surface area contributed by atoms with E-state index in [2.05, 4.69) is 204 Å². The molecule has 3 heterocycles. The minimum Gasteiger partial charge on any atom is -0.355 e. The van der Waals surface area contributed by atoms with Gasteiger partial charge in [0.2, 0.25) is 0 Å². The Hall–Kier alpha value is -6.13. The number of aromatic nitrogens is 2. The molecule has 0 saturated carbocycles. The first-order chi connectivity index (χ1) is 29.0. The van der Waals surface area contributed by atoms with Crippen molar-refractivity contribution < 1.29 is 4.11 Å². The van der Waals surface area contributed by atoms with Crippen molar-refractivity contribution in [1.82, 2.24) is 9.55 Å². The van der Waals surface area contributed by atoms with E-state index in [1.165, 1.54) is 10.9 Å². The second-order valence-corrected chi connectivity index (χ2v) is 18.2. The molecule has 0 unspecified atom stereocenters. The summed E-state index contributed by atoms with van der Waals surface area (Å²) in [7, 11) is 0. The van der Waals surface area contributed by atoms with Crippen LogP contribution in [0.15, 0.2) is 152 Å². The molecule has 58 heavy (non-hydrogen) atoms. The first-order valence-corrected chi connectivity index (χ1v) is 20.4. The number of benzene rings is 6. The van der Waals surface area contributed by atoms with Gasteiger partial charge in [0.15, 0.2) is 0 Å². The molecule has 0 fully saturated rings. The van der Waals surface area contributed by atoms with Gasteiger partial charge in [0, 0.05) is 33.7 Å². The summed E-state index contributed by atoms with van der Waals surface area (Å²) < 4.78 is 28.2. The van der Waals surface area contributed by atoms with Crippen LogP contribution < -0.4 is 9.80 Å². The van der Waals surface area contributed by atoms with Crippen molar-refractivity contribution in [3.8, 4) is 5.82 Å². The maximum absolute atomic E-state index is 8.61. The van der Waals surface area contributed by atoms with Crippen LogP contribution in [0.3, 0.4) is 0 Å². The molecule has 0 atom stereocenters. The van der Waals surface area contributed by atoms with Crippen LogP contribution in [0.4, 0.5) is 17.1 Å². The van der Waals surface area contributed by atoms with Crippen LogP contribution in [0, 0.1) is 13.8 Å². The third-order valence-electron chi connectivity index (χ3n) is 12.3. The normalized spacial score (nSPS) is 14.4. The number of anilines is 3. The number of hydrogen-bond acceptors (Lipinski definition) is 3. The van der Waals surface area contributed by atoms with Crippen molar-refractivity contribution in [2.45, 2.75) is 71.6 Å². The van der Waals surface area contributed by atoms with Crippen molar-refractivity contribution in [2.75, 3.05) is 23.4 Å². The molecule has 8 aromatic rings. The number of pyridine rings is 1. The second-order valence-electron chi connectivity index (χ2n) is 18.2. The Balaban J connectivity index is 1.39. The monoisotopic (exact) mass is 761 g/mol. The predicted octanol–water partition coefficient (Wildman–Crippen LogP) is 13.3. The molecule has 1 aliphatic rings. The predicted molar refractivity (Wildman–Crippen MR) is 246 cm³/mol. The lowest BCUT2D eigenvalue weighted by molar-refractivity contribution is 0.587.